The summed E-state index contributed by atoms with van der Waals surface area (Å²) in [7, 11) is 0. The zero-order valence-electron chi connectivity index (χ0n) is 9.75. The summed E-state index contributed by atoms with van der Waals surface area (Å²) in [5, 5.41) is 27.5. The van der Waals surface area contributed by atoms with E-state index < -0.39 is 11.0 Å². The molecule has 1 unspecified atom stereocenters. The first-order valence-corrected chi connectivity index (χ1v) is 6.78. The summed E-state index contributed by atoms with van der Waals surface area (Å²) in [5.74, 6) is 0. The Hall–Kier alpha value is -1.63. The van der Waals surface area contributed by atoms with Crippen LogP contribution in [0.2, 0.25) is 5.02 Å². The lowest BCUT2D eigenvalue weighted by Gasteiger charge is -2.12. The van der Waals surface area contributed by atoms with Crippen molar-refractivity contribution >= 4 is 34.3 Å². The summed E-state index contributed by atoms with van der Waals surface area (Å²) < 4.78 is 0. The molecule has 0 aliphatic carbocycles. The number of hydrogen-bond acceptors (Lipinski definition) is 5. The summed E-state index contributed by atoms with van der Waals surface area (Å²) in [6.45, 7) is 0.178. The van der Waals surface area contributed by atoms with E-state index in [2.05, 4.69) is 5.32 Å². The van der Waals surface area contributed by atoms with Gasteiger partial charge < -0.3 is 10.4 Å². The average molecular weight is 299 g/mol. The molecule has 5 nitrogen and oxygen atoms in total. The highest BCUT2D eigenvalue weighted by molar-refractivity contribution is 7.07. The Labute approximate surface area is 118 Å². The van der Waals surface area contributed by atoms with Crippen molar-refractivity contribution in [3.8, 4) is 0 Å². The number of nitrogens with one attached hydrogen (secondary N) is 1. The number of aliphatic hydroxyl groups excluding tert-OH is 1. The SMILES string of the molecule is O=[N+]([O-])c1c(Cl)cccc1NCC(O)c1ccsc1. The quantitative estimate of drug-likeness (QED) is 0.655. The second-order valence-electron chi connectivity index (χ2n) is 3.85. The summed E-state index contributed by atoms with van der Waals surface area (Å²) in [4.78, 5) is 10.4. The monoisotopic (exact) mass is 298 g/mol. The number of hydrogen-bond donors (Lipinski definition) is 2. The van der Waals surface area contributed by atoms with Crippen LogP contribution in [0.25, 0.3) is 0 Å². The summed E-state index contributed by atoms with van der Waals surface area (Å²) in [5.41, 5.74) is 0.899. The molecule has 0 saturated heterocycles. The third-order valence-corrected chi connectivity index (χ3v) is 3.59. The minimum absolute atomic E-state index is 0.0695. The number of para-hydroxylation sites is 1. The summed E-state index contributed by atoms with van der Waals surface area (Å²) >= 11 is 7.28. The number of thiophene rings is 1. The molecule has 0 radical (unpaired) electrons. The molecule has 0 aliphatic rings. The molecule has 0 amide bonds. The van der Waals surface area contributed by atoms with Crippen LogP contribution in [-0.2, 0) is 0 Å². The Kier molecular flexibility index (Phi) is 4.36. The maximum absolute atomic E-state index is 10.9. The van der Waals surface area contributed by atoms with E-state index in [0.717, 1.165) is 5.56 Å². The maximum Gasteiger partial charge on any atom is 0.310 e. The van der Waals surface area contributed by atoms with Crippen molar-refractivity contribution in [3.63, 3.8) is 0 Å². The van der Waals surface area contributed by atoms with Gasteiger partial charge in [0.1, 0.15) is 10.7 Å². The Morgan fingerprint density at radius 3 is 2.89 bits per heavy atom. The zero-order valence-corrected chi connectivity index (χ0v) is 11.3. The lowest BCUT2D eigenvalue weighted by atomic mass is 10.2. The van der Waals surface area contributed by atoms with Gasteiger partial charge in [0.15, 0.2) is 0 Å². The number of aliphatic hydroxyl groups is 1. The number of halogens is 1. The maximum atomic E-state index is 10.9. The molecule has 2 N–H and O–H groups in total. The van der Waals surface area contributed by atoms with E-state index in [1.54, 1.807) is 12.1 Å². The van der Waals surface area contributed by atoms with Crippen LogP contribution < -0.4 is 5.32 Å². The number of rotatable bonds is 5. The fourth-order valence-electron chi connectivity index (χ4n) is 1.63. The third-order valence-electron chi connectivity index (χ3n) is 2.58. The smallest absolute Gasteiger partial charge is 0.310 e. The highest BCUT2D eigenvalue weighted by atomic mass is 35.5. The van der Waals surface area contributed by atoms with Crippen molar-refractivity contribution in [2.24, 2.45) is 0 Å². The van der Waals surface area contributed by atoms with Crippen molar-refractivity contribution in [1.29, 1.82) is 0 Å². The van der Waals surface area contributed by atoms with Crippen LogP contribution in [-0.4, -0.2) is 16.6 Å². The Morgan fingerprint density at radius 1 is 1.47 bits per heavy atom. The average Bonchev–Trinajstić information content (AvgIpc) is 2.89. The predicted octanol–water partition coefficient (Wildman–Crippen LogP) is 3.46. The van der Waals surface area contributed by atoms with Crippen molar-refractivity contribution in [1.82, 2.24) is 0 Å². The number of nitro benzene ring substituents is 1. The molecule has 0 bridgehead atoms. The van der Waals surface area contributed by atoms with Gasteiger partial charge in [-0.05, 0) is 34.5 Å². The van der Waals surface area contributed by atoms with Crippen LogP contribution in [0.15, 0.2) is 35.0 Å². The Bertz CT molecular complexity index is 574. The van der Waals surface area contributed by atoms with Gasteiger partial charge in [0, 0.05) is 6.54 Å². The van der Waals surface area contributed by atoms with Crippen LogP contribution in [0.5, 0.6) is 0 Å². The van der Waals surface area contributed by atoms with Gasteiger partial charge in [-0.15, -0.1) is 0 Å². The molecule has 19 heavy (non-hydrogen) atoms. The van der Waals surface area contributed by atoms with E-state index in [1.165, 1.54) is 17.4 Å². The molecule has 0 aliphatic heterocycles. The molecule has 7 heteroatoms. The van der Waals surface area contributed by atoms with E-state index in [9.17, 15) is 15.2 Å². The van der Waals surface area contributed by atoms with E-state index in [4.69, 9.17) is 11.6 Å². The summed E-state index contributed by atoms with van der Waals surface area (Å²) in [6, 6.07) is 6.45. The molecule has 100 valence electrons. The van der Waals surface area contributed by atoms with Crippen molar-refractivity contribution < 1.29 is 10.0 Å². The highest BCUT2D eigenvalue weighted by Gasteiger charge is 2.19. The topological polar surface area (TPSA) is 75.4 Å². The molecule has 1 heterocycles. The molecule has 0 fully saturated rings. The van der Waals surface area contributed by atoms with Gasteiger partial charge in [0.25, 0.3) is 0 Å². The first kappa shape index (κ1) is 13.8. The Morgan fingerprint density at radius 2 is 2.26 bits per heavy atom. The van der Waals surface area contributed by atoms with Gasteiger partial charge >= 0.3 is 5.69 Å². The first-order chi connectivity index (χ1) is 9.09. The molecule has 2 rings (SSSR count). The molecule has 2 aromatic rings. The molecular formula is C12H11ClN2O3S. The van der Waals surface area contributed by atoms with Gasteiger partial charge in [0.2, 0.25) is 0 Å². The van der Waals surface area contributed by atoms with Crippen LogP contribution in [0.4, 0.5) is 11.4 Å². The second kappa shape index (κ2) is 6.01. The van der Waals surface area contributed by atoms with Gasteiger partial charge in [-0.25, -0.2) is 0 Å². The zero-order chi connectivity index (χ0) is 13.8. The van der Waals surface area contributed by atoms with Gasteiger partial charge in [-0.1, -0.05) is 17.7 Å². The highest BCUT2D eigenvalue weighted by Crippen LogP contribution is 2.32. The van der Waals surface area contributed by atoms with E-state index in [-0.39, 0.29) is 17.3 Å². The van der Waals surface area contributed by atoms with Crippen LogP contribution in [0, 0.1) is 10.1 Å². The molecular weight excluding hydrogens is 288 g/mol. The van der Waals surface area contributed by atoms with E-state index in [0.29, 0.717) is 5.69 Å². The van der Waals surface area contributed by atoms with Gasteiger partial charge in [0.05, 0.1) is 11.0 Å². The Balaban J connectivity index is 2.12. The molecule has 0 spiro atoms. The first-order valence-electron chi connectivity index (χ1n) is 5.46. The van der Waals surface area contributed by atoms with Crippen LogP contribution >= 0.6 is 22.9 Å². The number of nitrogens with zero attached hydrogens (tertiary/aromatic N) is 1. The number of benzene rings is 1. The van der Waals surface area contributed by atoms with Crippen molar-refractivity contribution in [2.75, 3.05) is 11.9 Å². The minimum Gasteiger partial charge on any atom is -0.387 e. The van der Waals surface area contributed by atoms with E-state index >= 15 is 0 Å². The molecule has 0 saturated carbocycles. The normalized spacial score (nSPS) is 12.1. The van der Waals surface area contributed by atoms with Crippen molar-refractivity contribution in [3.05, 3.63) is 55.7 Å². The second-order valence-corrected chi connectivity index (χ2v) is 5.03. The lowest BCUT2D eigenvalue weighted by molar-refractivity contribution is -0.383. The standard InChI is InChI=1S/C12H11ClN2O3S/c13-9-2-1-3-10(12(9)15(17)18)14-6-11(16)8-4-5-19-7-8/h1-5,7,11,14,16H,6H2. The largest absolute Gasteiger partial charge is 0.387 e. The van der Waals surface area contributed by atoms with Crippen molar-refractivity contribution in [2.45, 2.75) is 6.10 Å². The summed E-state index contributed by atoms with van der Waals surface area (Å²) in [6.07, 6.45) is -0.718. The minimum atomic E-state index is -0.718. The van der Waals surface area contributed by atoms with Gasteiger partial charge in [-0.3, -0.25) is 10.1 Å². The number of anilines is 1. The van der Waals surface area contributed by atoms with E-state index in [1.807, 2.05) is 16.8 Å². The molecule has 1 atom stereocenters. The molecule has 1 aromatic carbocycles. The predicted molar refractivity (Wildman–Crippen MR) is 75.9 cm³/mol. The fraction of sp³-hybridized carbons (Fsp3) is 0.167. The van der Waals surface area contributed by atoms with Crippen LogP contribution in [0.3, 0.4) is 0 Å². The van der Waals surface area contributed by atoms with Crippen LogP contribution in [0.1, 0.15) is 11.7 Å². The number of nitro groups is 1. The van der Waals surface area contributed by atoms with Gasteiger partial charge in [-0.2, -0.15) is 11.3 Å². The third kappa shape index (κ3) is 3.23. The lowest BCUT2D eigenvalue weighted by Crippen LogP contribution is -2.12. The molecule has 1 aromatic heterocycles. The fourth-order valence-corrected chi connectivity index (χ4v) is 2.58.